The fourth-order valence-corrected chi connectivity index (χ4v) is 4.07. The first-order chi connectivity index (χ1) is 10.2. The highest BCUT2D eigenvalue weighted by Crippen LogP contribution is 2.37. The van der Waals surface area contributed by atoms with Gasteiger partial charge in [-0.3, -0.25) is 0 Å². The second-order valence-electron chi connectivity index (χ2n) is 5.47. The number of aryl methyl sites for hydroxylation is 1. The molecule has 1 aliphatic carbocycles. The molecule has 0 amide bonds. The lowest BCUT2D eigenvalue weighted by Crippen LogP contribution is -2.26. The number of nitrogens with two attached hydrogens (primary N) is 1. The van der Waals surface area contributed by atoms with E-state index in [2.05, 4.69) is 10.2 Å². The average Bonchev–Trinajstić information content (AvgIpc) is 2.85. The van der Waals surface area contributed by atoms with Crippen LogP contribution in [0.25, 0.3) is 21.5 Å². The van der Waals surface area contributed by atoms with E-state index in [0.29, 0.717) is 11.3 Å². The Balaban J connectivity index is 1.90. The largest absolute Gasteiger partial charge is 0.507 e. The zero-order valence-electron chi connectivity index (χ0n) is 11.4. The highest BCUT2D eigenvalue weighted by molar-refractivity contribution is 7.18. The van der Waals surface area contributed by atoms with E-state index in [9.17, 15) is 5.11 Å². The molecule has 3 N–H and O–H groups in total. The van der Waals surface area contributed by atoms with Gasteiger partial charge in [0.15, 0.2) is 0 Å². The molecule has 0 radical (unpaired) electrons. The summed E-state index contributed by atoms with van der Waals surface area (Å²) in [6, 6.07) is 9.48. The van der Waals surface area contributed by atoms with E-state index in [-0.39, 0.29) is 11.8 Å². The maximum atomic E-state index is 9.98. The second-order valence-corrected chi connectivity index (χ2v) is 6.56. The Kier molecular flexibility index (Phi) is 2.90. The molecule has 0 fully saturated rings. The van der Waals surface area contributed by atoms with Crippen molar-refractivity contribution in [2.45, 2.75) is 25.3 Å². The maximum absolute atomic E-state index is 9.98. The summed E-state index contributed by atoms with van der Waals surface area (Å²) in [6.07, 6.45) is 2.98. The van der Waals surface area contributed by atoms with Gasteiger partial charge in [-0.1, -0.05) is 12.1 Å². The summed E-state index contributed by atoms with van der Waals surface area (Å²) in [5.41, 5.74) is 8.84. The van der Waals surface area contributed by atoms with Gasteiger partial charge >= 0.3 is 0 Å². The lowest BCUT2D eigenvalue weighted by molar-refractivity contribution is 0.477. The molecular formula is C16H15N3OS. The highest BCUT2D eigenvalue weighted by atomic mass is 32.1. The number of benzene rings is 1. The van der Waals surface area contributed by atoms with Crippen LogP contribution in [0, 0.1) is 0 Å². The predicted molar refractivity (Wildman–Crippen MR) is 84.5 cm³/mol. The topological polar surface area (TPSA) is 72.0 Å². The van der Waals surface area contributed by atoms with Crippen molar-refractivity contribution in [1.82, 2.24) is 10.2 Å². The monoisotopic (exact) mass is 297 g/mol. The van der Waals surface area contributed by atoms with E-state index < -0.39 is 0 Å². The molecule has 5 heteroatoms. The summed E-state index contributed by atoms with van der Waals surface area (Å²) in [5.74, 6) is 0.229. The van der Waals surface area contributed by atoms with Gasteiger partial charge in [0.25, 0.3) is 0 Å². The molecule has 0 bridgehead atoms. The molecule has 21 heavy (non-hydrogen) atoms. The van der Waals surface area contributed by atoms with Gasteiger partial charge in [-0.2, -0.15) is 0 Å². The van der Waals surface area contributed by atoms with Crippen molar-refractivity contribution in [1.29, 1.82) is 0 Å². The number of fused-ring (bicyclic) bond motifs is 3. The summed E-state index contributed by atoms with van der Waals surface area (Å²) in [4.78, 5) is 2.35. The number of nitrogens with zero attached hydrogens (tertiary/aromatic N) is 2. The van der Waals surface area contributed by atoms with Gasteiger partial charge in [0.2, 0.25) is 0 Å². The van der Waals surface area contributed by atoms with E-state index in [1.54, 1.807) is 23.5 Å². The molecule has 4 rings (SSSR count). The highest BCUT2D eigenvalue weighted by Gasteiger charge is 2.22. The molecule has 0 saturated carbocycles. The zero-order chi connectivity index (χ0) is 14.4. The first kappa shape index (κ1) is 12.7. The molecule has 2 aromatic heterocycles. The summed E-state index contributed by atoms with van der Waals surface area (Å²) < 4.78 is 0. The Bertz CT molecular complexity index is 828. The van der Waals surface area contributed by atoms with E-state index in [0.717, 1.165) is 29.5 Å². The Morgan fingerprint density at radius 2 is 2.10 bits per heavy atom. The third kappa shape index (κ3) is 2.09. The van der Waals surface area contributed by atoms with E-state index in [4.69, 9.17) is 5.73 Å². The first-order valence-corrected chi connectivity index (χ1v) is 7.86. The van der Waals surface area contributed by atoms with Crippen LogP contribution in [0.1, 0.15) is 16.9 Å². The third-order valence-electron chi connectivity index (χ3n) is 4.03. The Morgan fingerprint density at radius 1 is 1.24 bits per heavy atom. The Morgan fingerprint density at radius 3 is 2.95 bits per heavy atom. The van der Waals surface area contributed by atoms with Gasteiger partial charge in [0, 0.05) is 21.9 Å². The Hall–Kier alpha value is -1.98. The predicted octanol–water partition coefficient (Wildman–Crippen LogP) is 2.88. The van der Waals surface area contributed by atoms with Crippen molar-refractivity contribution in [2.24, 2.45) is 5.73 Å². The van der Waals surface area contributed by atoms with Crippen LogP contribution in [0.2, 0.25) is 0 Å². The van der Waals surface area contributed by atoms with Crippen LogP contribution in [0.5, 0.6) is 5.75 Å². The van der Waals surface area contributed by atoms with E-state index in [1.807, 2.05) is 18.2 Å². The van der Waals surface area contributed by atoms with Gasteiger partial charge in [0.05, 0.1) is 5.69 Å². The smallest absolute Gasteiger partial charge is 0.146 e. The second kappa shape index (κ2) is 4.79. The van der Waals surface area contributed by atoms with E-state index >= 15 is 0 Å². The molecule has 1 atom stereocenters. The molecule has 1 unspecified atom stereocenters. The molecule has 1 aliphatic rings. The van der Waals surface area contributed by atoms with Crippen molar-refractivity contribution >= 4 is 21.6 Å². The number of rotatable bonds is 1. The fraction of sp³-hybridized carbons (Fsp3) is 0.250. The zero-order valence-corrected chi connectivity index (χ0v) is 12.2. The molecule has 106 valence electrons. The van der Waals surface area contributed by atoms with Crippen LogP contribution in [0.4, 0.5) is 0 Å². The van der Waals surface area contributed by atoms with Crippen LogP contribution in [-0.4, -0.2) is 21.3 Å². The number of aromatic nitrogens is 2. The minimum Gasteiger partial charge on any atom is -0.507 e. The van der Waals surface area contributed by atoms with Gasteiger partial charge < -0.3 is 10.8 Å². The van der Waals surface area contributed by atoms with Crippen LogP contribution >= 0.6 is 11.3 Å². The third-order valence-corrected chi connectivity index (χ3v) is 5.22. The van der Waals surface area contributed by atoms with Crippen molar-refractivity contribution in [3.63, 3.8) is 0 Å². The Labute approximate surface area is 126 Å². The molecular weight excluding hydrogens is 282 g/mol. The lowest BCUT2D eigenvalue weighted by Gasteiger charge is -2.17. The number of thiophene rings is 1. The molecule has 0 saturated heterocycles. The van der Waals surface area contributed by atoms with Gasteiger partial charge in [0.1, 0.15) is 10.6 Å². The van der Waals surface area contributed by atoms with Crippen molar-refractivity contribution in [2.75, 3.05) is 0 Å². The summed E-state index contributed by atoms with van der Waals surface area (Å²) >= 11 is 1.72. The number of para-hydroxylation sites is 1. The normalized spacial score (nSPS) is 17.9. The molecule has 4 nitrogen and oxygen atoms in total. The number of aromatic hydroxyl groups is 1. The van der Waals surface area contributed by atoms with Crippen molar-refractivity contribution in [3.05, 3.63) is 40.8 Å². The van der Waals surface area contributed by atoms with Crippen LogP contribution < -0.4 is 5.73 Å². The summed E-state index contributed by atoms with van der Waals surface area (Å²) in [5, 5.41) is 19.7. The summed E-state index contributed by atoms with van der Waals surface area (Å²) in [7, 11) is 0. The molecule has 3 aromatic rings. The quantitative estimate of drug-likeness (QED) is 0.724. The maximum Gasteiger partial charge on any atom is 0.146 e. The van der Waals surface area contributed by atoms with Crippen LogP contribution in [0.15, 0.2) is 30.3 Å². The van der Waals surface area contributed by atoms with Crippen LogP contribution in [-0.2, 0) is 12.8 Å². The van der Waals surface area contributed by atoms with Gasteiger partial charge in [-0.25, -0.2) is 0 Å². The lowest BCUT2D eigenvalue weighted by atomic mass is 9.93. The number of hydrogen-bond acceptors (Lipinski definition) is 5. The number of phenols is 1. The molecule has 0 aliphatic heterocycles. The fourth-order valence-electron chi connectivity index (χ4n) is 2.93. The molecule has 0 spiro atoms. The minimum atomic E-state index is 0.229. The first-order valence-electron chi connectivity index (χ1n) is 7.04. The van der Waals surface area contributed by atoms with Crippen LogP contribution in [0.3, 0.4) is 0 Å². The van der Waals surface area contributed by atoms with E-state index in [1.165, 1.54) is 10.4 Å². The number of hydrogen-bond donors (Lipinski definition) is 2. The molecule has 1 aromatic carbocycles. The standard InChI is InChI=1S/C16H15N3OS/c17-9-5-6-15-11(7-9)12-8-13(18-19-16(12)21-15)10-3-1-2-4-14(10)20/h1-4,8-9,20H,5-7,17H2. The summed E-state index contributed by atoms with van der Waals surface area (Å²) in [6.45, 7) is 0. The van der Waals surface area contributed by atoms with Crippen molar-refractivity contribution in [3.8, 4) is 17.0 Å². The van der Waals surface area contributed by atoms with Gasteiger partial charge in [-0.15, -0.1) is 21.5 Å². The average molecular weight is 297 g/mol. The minimum absolute atomic E-state index is 0.229. The number of phenolic OH excluding ortho intramolecular Hbond substituents is 1. The van der Waals surface area contributed by atoms with Gasteiger partial charge in [-0.05, 0) is 43.0 Å². The molecule has 2 heterocycles. The van der Waals surface area contributed by atoms with Crippen molar-refractivity contribution < 1.29 is 5.11 Å². The SMILES string of the molecule is NC1CCc2sc3nnc(-c4ccccc4O)cc3c2C1.